The molecule has 0 saturated carbocycles. The monoisotopic (exact) mass is 448 g/mol. The summed E-state index contributed by atoms with van der Waals surface area (Å²) in [5, 5.41) is 9.04. The Labute approximate surface area is 188 Å². The number of amides is 1. The molecule has 1 amide bonds. The first-order valence-corrected chi connectivity index (χ1v) is 11.8. The lowest BCUT2D eigenvalue weighted by Crippen LogP contribution is -2.28. The molecular weight excluding hydrogens is 428 g/mol. The second-order valence-corrected chi connectivity index (χ2v) is 9.13. The molecule has 6 nitrogen and oxygen atoms in total. The van der Waals surface area contributed by atoms with Crippen molar-refractivity contribution in [3.63, 3.8) is 0 Å². The predicted molar refractivity (Wildman–Crippen MR) is 123 cm³/mol. The highest BCUT2D eigenvalue weighted by atomic mass is 32.2. The van der Waals surface area contributed by atoms with Crippen LogP contribution < -0.4 is 0 Å². The van der Waals surface area contributed by atoms with Gasteiger partial charge in [0.1, 0.15) is 11.5 Å². The van der Waals surface area contributed by atoms with E-state index in [2.05, 4.69) is 29.1 Å². The van der Waals surface area contributed by atoms with E-state index in [-0.39, 0.29) is 17.7 Å². The topological polar surface area (TPSA) is 63.6 Å². The number of aromatic nitrogens is 2. The third-order valence-electron chi connectivity index (χ3n) is 5.05. The zero-order chi connectivity index (χ0) is 21.2. The van der Waals surface area contributed by atoms with Crippen molar-refractivity contribution in [2.24, 2.45) is 5.10 Å². The van der Waals surface area contributed by atoms with Crippen LogP contribution in [0.25, 0.3) is 5.69 Å². The molecule has 0 fully saturated rings. The van der Waals surface area contributed by atoms with Gasteiger partial charge in [-0.05, 0) is 48.2 Å². The van der Waals surface area contributed by atoms with Crippen molar-refractivity contribution in [3.05, 3.63) is 88.8 Å². The van der Waals surface area contributed by atoms with Gasteiger partial charge in [0.25, 0.3) is 5.91 Å². The first kappa shape index (κ1) is 19.8. The average Bonchev–Trinajstić information content (AvgIpc) is 3.56. The van der Waals surface area contributed by atoms with Crippen molar-refractivity contribution in [2.75, 3.05) is 5.75 Å². The predicted octanol–water partition coefficient (Wildman–Crippen LogP) is 5.31. The van der Waals surface area contributed by atoms with Gasteiger partial charge in [-0.15, -0.1) is 11.3 Å². The summed E-state index contributed by atoms with van der Waals surface area (Å²) in [4.78, 5) is 18.8. The van der Waals surface area contributed by atoms with Crippen LogP contribution in [0.3, 0.4) is 0 Å². The van der Waals surface area contributed by atoms with Crippen LogP contribution in [0.1, 0.15) is 28.7 Å². The summed E-state index contributed by atoms with van der Waals surface area (Å²) < 4.78 is 7.52. The molecule has 0 aliphatic carbocycles. The van der Waals surface area contributed by atoms with Gasteiger partial charge in [0.05, 0.1) is 18.1 Å². The molecule has 1 atom stereocenters. The lowest BCUT2D eigenvalue weighted by atomic mass is 10.1. The third-order valence-corrected chi connectivity index (χ3v) is 6.98. The number of furan rings is 1. The lowest BCUT2D eigenvalue weighted by molar-refractivity contribution is -0.130. The number of thioether (sulfide) groups is 1. The van der Waals surface area contributed by atoms with E-state index < -0.39 is 0 Å². The first-order valence-electron chi connectivity index (χ1n) is 9.89. The van der Waals surface area contributed by atoms with Crippen LogP contribution >= 0.6 is 23.1 Å². The number of benzene rings is 1. The molecule has 4 aromatic rings. The van der Waals surface area contributed by atoms with Crippen molar-refractivity contribution in [1.29, 1.82) is 0 Å². The summed E-state index contributed by atoms with van der Waals surface area (Å²) in [6.45, 7) is 2.06. The number of thiophene rings is 1. The largest absolute Gasteiger partial charge is 0.463 e. The summed E-state index contributed by atoms with van der Waals surface area (Å²) in [7, 11) is 0. The number of aryl methyl sites for hydroxylation is 1. The second-order valence-electron chi connectivity index (χ2n) is 7.21. The molecule has 4 heterocycles. The number of hydrazone groups is 1. The highest BCUT2D eigenvalue weighted by Gasteiger charge is 2.34. The van der Waals surface area contributed by atoms with Crippen LogP contribution in [-0.4, -0.2) is 31.9 Å². The van der Waals surface area contributed by atoms with E-state index in [1.54, 1.807) is 28.8 Å². The fourth-order valence-electron chi connectivity index (χ4n) is 3.60. The number of hydrogen-bond donors (Lipinski definition) is 0. The Hall–Kier alpha value is -3.10. The number of nitrogens with zero attached hydrogens (tertiary/aromatic N) is 4. The zero-order valence-corrected chi connectivity index (χ0v) is 18.5. The van der Waals surface area contributed by atoms with E-state index in [4.69, 9.17) is 4.42 Å². The minimum atomic E-state index is -0.107. The number of rotatable bonds is 6. The van der Waals surface area contributed by atoms with Crippen LogP contribution in [0.5, 0.6) is 0 Å². The van der Waals surface area contributed by atoms with Crippen molar-refractivity contribution < 1.29 is 9.21 Å². The highest BCUT2D eigenvalue weighted by molar-refractivity contribution is 7.99. The molecule has 31 heavy (non-hydrogen) atoms. The fourth-order valence-corrected chi connectivity index (χ4v) is 5.23. The van der Waals surface area contributed by atoms with Gasteiger partial charge in [-0.2, -0.15) is 5.10 Å². The molecule has 0 unspecified atom stereocenters. The fraction of sp³-hybridized carbons (Fsp3) is 0.174. The Morgan fingerprint density at radius 3 is 2.97 bits per heavy atom. The van der Waals surface area contributed by atoms with Crippen molar-refractivity contribution >= 4 is 34.7 Å². The Morgan fingerprint density at radius 2 is 2.19 bits per heavy atom. The standard InChI is InChI=1S/C23H20N4O2S2/c1-16-5-2-6-17(13-16)26-10-9-24-23(26)31-15-22(28)27-19(21-8-4-12-30-21)14-18(25-27)20-7-3-11-29-20/h2-13,19H,14-15H2,1H3/t19-/m1/s1. The molecule has 3 aromatic heterocycles. The Bertz CT molecular complexity index is 1210. The second kappa shape index (κ2) is 8.56. The van der Waals surface area contributed by atoms with E-state index in [0.717, 1.165) is 21.4 Å². The van der Waals surface area contributed by atoms with Crippen molar-refractivity contribution in [3.8, 4) is 5.69 Å². The molecule has 0 spiro atoms. The molecule has 0 bridgehead atoms. The molecule has 1 aliphatic heterocycles. The quantitative estimate of drug-likeness (QED) is 0.375. The maximum atomic E-state index is 13.2. The summed E-state index contributed by atoms with van der Waals surface area (Å²) in [5.41, 5.74) is 3.00. The SMILES string of the molecule is Cc1cccc(-n2ccnc2SCC(=O)N2N=C(c3ccco3)C[C@@H]2c2cccs2)c1. The lowest BCUT2D eigenvalue weighted by Gasteiger charge is -2.20. The molecular formula is C23H20N4O2S2. The van der Waals surface area contributed by atoms with E-state index in [1.165, 1.54) is 17.3 Å². The Balaban J connectivity index is 1.35. The summed E-state index contributed by atoms with van der Waals surface area (Å²) in [6.07, 6.45) is 5.94. The Morgan fingerprint density at radius 1 is 1.26 bits per heavy atom. The normalized spacial score (nSPS) is 16.0. The van der Waals surface area contributed by atoms with Crippen LogP contribution in [0, 0.1) is 6.92 Å². The third kappa shape index (κ3) is 4.08. The van der Waals surface area contributed by atoms with Gasteiger partial charge in [-0.25, -0.2) is 9.99 Å². The van der Waals surface area contributed by atoms with Gasteiger partial charge < -0.3 is 4.42 Å². The average molecular weight is 449 g/mol. The maximum absolute atomic E-state index is 13.2. The summed E-state index contributed by atoms with van der Waals surface area (Å²) in [6, 6.07) is 15.9. The smallest absolute Gasteiger partial charge is 0.253 e. The number of carbonyl (C=O) groups excluding carboxylic acids is 1. The molecule has 1 aromatic carbocycles. The van der Waals surface area contributed by atoms with Crippen LogP contribution in [0.15, 0.2) is 87.2 Å². The summed E-state index contributed by atoms with van der Waals surface area (Å²) >= 11 is 3.06. The molecule has 5 rings (SSSR count). The highest BCUT2D eigenvalue weighted by Crippen LogP contribution is 2.36. The number of imidazole rings is 1. The van der Waals surface area contributed by atoms with Crippen LogP contribution in [0.2, 0.25) is 0 Å². The van der Waals surface area contributed by atoms with E-state index in [9.17, 15) is 4.79 Å². The van der Waals surface area contributed by atoms with E-state index in [1.807, 2.05) is 52.5 Å². The van der Waals surface area contributed by atoms with E-state index in [0.29, 0.717) is 12.2 Å². The Kier molecular flexibility index (Phi) is 5.48. The van der Waals surface area contributed by atoms with Gasteiger partial charge in [-0.3, -0.25) is 9.36 Å². The number of carbonyl (C=O) groups is 1. The molecule has 0 radical (unpaired) electrons. The van der Waals surface area contributed by atoms with Crippen LogP contribution in [0.4, 0.5) is 0 Å². The number of hydrogen-bond acceptors (Lipinski definition) is 6. The molecule has 156 valence electrons. The van der Waals surface area contributed by atoms with Gasteiger partial charge >= 0.3 is 0 Å². The van der Waals surface area contributed by atoms with E-state index >= 15 is 0 Å². The molecule has 0 saturated heterocycles. The zero-order valence-electron chi connectivity index (χ0n) is 16.8. The van der Waals surface area contributed by atoms with Crippen molar-refractivity contribution in [1.82, 2.24) is 14.6 Å². The minimum Gasteiger partial charge on any atom is -0.463 e. The molecule has 8 heteroatoms. The molecule has 1 aliphatic rings. The van der Waals surface area contributed by atoms with Gasteiger partial charge in [0, 0.05) is 29.4 Å². The first-order chi connectivity index (χ1) is 15.2. The molecule has 0 N–H and O–H groups in total. The van der Waals surface area contributed by atoms with Gasteiger partial charge in [-0.1, -0.05) is 30.0 Å². The minimum absolute atomic E-state index is 0.0521. The summed E-state index contributed by atoms with van der Waals surface area (Å²) in [5.74, 6) is 0.905. The van der Waals surface area contributed by atoms with Crippen molar-refractivity contribution in [2.45, 2.75) is 24.5 Å². The van der Waals surface area contributed by atoms with Gasteiger partial charge in [0.15, 0.2) is 5.16 Å². The maximum Gasteiger partial charge on any atom is 0.253 e. The van der Waals surface area contributed by atoms with Crippen LogP contribution in [-0.2, 0) is 4.79 Å². The van der Waals surface area contributed by atoms with Gasteiger partial charge in [0.2, 0.25) is 0 Å².